The van der Waals surface area contributed by atoms with E-state index in [1.807, 2.05) is 30.3 Å². The summed E-state index contributed by atoms with van der Waals surface area (Å²) >= 11 is 0. The molecule has 0 aliphatic rings. The summed E-state index contributed by atoms with van der Waals surface area (Å²) in [6.07, 6.45) is -0.517. The zero-order valence-corrected chi connectivity index (χ0v) is 12.4. The van der Waals surface area contributed by atoms with E-state index < -0.39 is 11.9 Å². The van der Waals surface area contributed by atoms with Gasteiger partial charge in [-0.3, -0.25) is 4.68 Å². The van der Waals surface area contributed by atoms with E-state index >= 15 is 0 Å². The molecule has 0 aliphatic heterocycles. The second-order valence-electron chi connectivity index (χ2n) is 4.99. The molecule has 0 fully saturated rings. The number of hydrogen-bond donors (Lipinski definition) is 1. The SMILES string of the molecule is FC(F)(F)c1ccnc(N[C@@H](Cn2cncn2)c2ccccc2)n1. The molecule has 1 aromatic carbocycles. The van der Waals surface area contributed by atoms with Gasteiger partial charge in [0.05, 0.1) is 12.6 Å². The summed E-state index contributed by atoms with van der Waals surface area (Å²) in [7, 11) is 0. The largest absolute Gasteiger partial charge is 0.433 e. The summed E-state index contributed by atoms with van der Waals surface area (Å²) in [5, 5.41) is 6.96. The van der Waals surface area contributed by atoms with E-state index in [0.717, 1.165) is 17.8 Å². The minimum atomic E-state index is -4.52. The van der Waals surface area contributed by atoms with E-state index in [1.165, 1.54) is 12.7 Å². The van der Waals surface area contributed by atoms with Crippen molar-refractivity contribution in [2.75, 3.05) is 5.32 Å². The normalized spacial score (nSPS) is 12.8. The monoisotopic (exact) mass is 334 g/mol. The highest BCUT2D eigenvalue weighted by molar-refractivity contribution is 5.32. The Balaban J connectivity index is 1.87. The van der Waals surface area contributed by atoms with Crippen LogP contribution in [0, 0.1) is 0 Å². The average Bonchev–Trinajstić information content (AvgIpc) is 3.08. The van der Waals surface area contributed by atoms with Crippen LogP contribution in [-0.2, 0) is 12.7 Å². The molecule has 0 saturated heterocycles. The number of hydrogen-bond acceptors (Lipinski definition) is 5. The number of aromatic nitrogens is 5. The minimum Gasteiger partial charge on any atom is -0.346 e. The molecule has 0 amide bonds. The van der Waals surface area contributed by atoms with Gasteiger partial charge in [0, 0.05) is 6.20 Å². The summed E-state index contributed by atoms with van der Waals surface area (Å²) in [4.78, 5) is 11.3. The molecule has 3 aromatic rings. The lowest BCUT2D eigenvalue weighted by Gasteiger charge is -2.19. The van der Waals surface area contributed by atoms with Gasteiger partial charge in [-0.15, -0.1) is 0 Å². The molecule has 1 atom stereocenters. The van der Waals surface area contributed by atoms with E-state index in [0.29, 0.717) is 6.54 Å². The number of rotatable bonds is 5. The number of benzene rings is 1. The van der Waals surface area contributed by atoms with E-state index in [-0.39, 0.29) is 12.0 Å². The van der Waals surface area contributed by atoms with Crippen molar-refractivity contribution in [2.45, 2.75) is 18.8 Å². The molecular formula is C15H13F3N6. The van der Waals surface area contributed by atoms with Crippen LogP contribution >= 0.6 is 0 Å². The lowest BCUT2D eigenvalue weighted by Crippen LogP contribution is -2.20. The van der Waals surface area contributed by atoms with Crippen molar-refractivity contribution in [3.63, 3.8) is 0 Å². The first kappa shape index (κ1) is 15.9. The molecule has 1 N–H and O–H groups in total. The first-order chi connectivity index (χ1) is 11.5. The number of anilines is 1. The standard InChI is InChI=1S/C15H13F3N6/c16-15(17,18)13-6-7-20-14(23-13)22-12(8-24-10-19-9-21-24)11-4-2-1-3-5-11/h1-7,9-10,12H,8H2,(H,20,22,23)/t12-/m0/s1. The van der Waals surface area contributed by atoms with Crippen molar-refractivity contribution in [2.24, 2.45) is 0 Å². The van der Waals surface area contributed by atoms with Crippen LogP contribution in [0.1, 0.15) is 17.3 Å². The lowest BCUT2D eigenvalue weighted by molar-refractivity contribution is -0.141. The van der Waals surface area contributed by atoms with Crippen molar-refractivity contribution in [1.29, 1.82) is 0 Å². The van der Waals surface area contributed by atoms with Crippen molar-refractivity contribution < 1.29 is 13.2 Å². The molecule has 0 saturated carbocycles. The smallest absolute Gasteiger partial charge is 0.346 e. The fraction of sp³-hybridized carbons (Fsp3) is 0.200. The molecule has 2 heterocycles. The predicted octanol–water partition coefficient (Wildman–Crippen LogP) is 2.94. The molecule has 0 bridgehead atoms. The van der Waals surface area contributed by atoms with Crippen LogP contribution in [-0.4, -0.2) is 24.7 Å². The van der Waals surface area contributed by atoms with Gasteiger partial charge in [0.15, 0.2) is 0 Å². The summed E-state index contributed by atoms with van der Waals surface area (Å²) in [6, 6.07) is 9.74. The van der Waals surface area contributed by atoms with Gasteiger partial charge in [-0.25, -0.2) is 15.0 Å². The van der Waals surface area contributed by atoms with Gasteiger partial charge in [0.2, 0.25) is 5.95 Å². The summed E-state index contributed by atoms with van der Waals surface area (Å²) < 4.78 is 40.0. The van der Waals surface area contributed by atoms with E-state index in [1.54, 1.807) is 4.68 Å². The van der Waals surface area contributed by atoms with Crippen LogP contribution in [0.2, 0.25) is 0 Å². The van der Waals surface area contributed by atoms with E-state index in [9.17, 15) is 13.2 Å². The number of halogens is 3. The Bertz CT molecular complexity index is 773. The maximum absolute atomic E-state index is 12.8. The second-order valence-corrected chi connectivity index (χ2v) is 4.99. The van der Waals surface area contributed by atoms with Crippen molar-refractivity contribution >= 4 is 5.95 Å². The average molecular weight is 334 g/mol. The highest BCUT2D eigenvalue weighted by atomic mass is 19.4. The number of nitrogens with zero attached hydrogens (tertiary/aromatic N) is 5. The van der Waals surface area contributed by atoms with Crippen LogP contribution < -0.4 is 5.32 Å². The highest BCUT2D eigenvalue weighted by Crippen LogP contribution is 2.28. The molecular weight excluding hydrogens is 321 g/mol. The van der Waals surface area contributed by atoms with Gasteiger partial charge in [0.25, 0.3) is 0 Å². The van der Waals surface area contributed by atoms with Crippen LogP contribution in [0.3, 0.4) is 0 Å². The molecule has 24 heavy (non-hydrogen) atoms. The van der Waals surface area contributed by atoms with Crippen LogP contribution in [0.5, 0.6) is 0 Å². The lowest BCUT2D eigenvalue weighted by atomic mass is 10.1. The second kappa shape index (κ2) is 6.65. The zero-order valence-electron chi connectivity index (χ0n) is 12.4. The molecule has 0 spiro atoms. The van der Waals surface area contributed by atoms with Gasteiger partial charge < -0.3 is 5.32 Å². The first-order valence-electron chi connectivity index (χ1n) is 7.06. The molecule has 0 aliphatic carbocycles. The molecule has 0 radical (unpaired) electrons. The Morgan fingerprint density at radius 3 is 2.58 bits per heavy atom. The van der Waals surface area contributed by atoms with Crippen LogP contribution in [0.25, 0.3) is 0 Å². The summed E-state index contributed by atoms with van der Waals surface area (Å²) in [5.41, 5.74) is -0.124. The Morgan fingerprint density at radius 1 is 1.12 bits per heavy atom. The Kier molecular flexibility index (Phi) is 4.41. The molecule has 0 unspecified atom stereocenters. The molecule has 6 nitrogen and oxygen atoms in total. The zero-order chi connectivity index (χ0) is 17.0. The maximum atomic E-state index is 12.8. The van der Waals surface area contributed by atoms with Crippen LogP contribution in [0.4, 0.5) is 19.1 Å². The van der Waals surface area contributed by atoms with Gasteiger partial charge in [-0.1, -0.05) is 30.3 Å². The third kappa shape index (κ3) is 3.86. The number of nitrogens with one attached hydrogen (secondary N) is 1. The molecule has 3 rings (SSSR count). The van der Waals surface area contributed by atoms with Crippen LogP contribution in [0.15, 0.2) is 55.2 Å². The third-order valence-corrected chi connectivity index (χ3v) is 3.29. The predicted molar refractivity (Wildman–Crippen MR) is 79.9 cm³/mol. The fourth-order valence-corrected chi connectivity index (χ4v) is 2.18. The number of alkyl halides is 3. The van der Waals surface area contributed by atoms with Crippen molar-refractivity contribution in [3.8, 4) is 0 Å². The van der Waals surface area contributed by atoms with E-state index in [2.05, 4.69) is 25.4 Å². The van der Waals surface area contributed by atoms with E-state index in [4.69, 9.17) is 0 Å². The molecule has 124 valence electrons. The summed E-state index contributed by atoms with van der Waals surface area (Å²) in [5.74, 6) is -0.0983. The fourth-order valence-electron chi connectivity index (χ4n) is 2.18. The van der Waals surface area contributed by atoms with Gasteiger partial charge >= 0.3 is 6.18 Å². The Labute approximate surface area is 135 Å². The molecule has 9 heteroatoms. The molecule has 2 aromatic heterocycles. The van der Waals surface area contributed by atoms with Crippen molar-refractivity contribution in [3.05, 3.63) is 66.5 Å². The maximum Gasteiger partial charge on any atom is 0.433 e. The summed E-state index contributed by atoms with van der Waals surface area (Å²) in [6.45, 7) is 0.365. The van der Waals surface area contributed by atoms with Gasteiger partial charge in [-0.2, -0.15) is 18.3 Å². The van der Waals surface area contributed by atoms with Crippen molar-refractivity contribution in [1.82, 2.24) is 24.7 Å². The van der Waals surface area contributed by atoms with Gasteiger partial charge in [0.1, 0.15) is 18.3 Å². The third-order valence-electron chi connectivity index (χ3n) is 3.29. The Hall–Kier alpha value is -2.97. The van der Waals surface area contributed by atoms with Gasteiger partial charge in [-0.05, 0) is 11.6 Å². The first-order valence-corrected chi connectivity index (χ1v) is 7.06. The highest BCUT2D eigenvalue weighted by Gasteiger charge is 2.33. The minimum absolute atomic E-state index is 0.0983. The Morgan fingerprint density at radius 2 is 1.92 bits per heavy atom. The topological polar surface area (TPSA) is 68.5 Å². The quantitative estimate of drug-likeness (QED) is 0.777.